The molecule has 0 radical (unpaired) electrons. The molecule has 3 heterocycles. The molecule has 1 amide bonds. The minimum Gasteiger partial charge on any atom is -0.344 e. The van der Waals surface area contributed by atoms with Gasteiger partial charge in [0.1, 0.15) is 22.9 Å². The first-order valence-electron chi connectivity index (χ1n) is 8.86. The van der Waals surface area contributed by atoms with Crippen LogP contribution < -0.4 is 10.9 Å². The Bertz CT molecular complexity index is 1180. The van der Waals surface area contributed by atoms with Crippen LogP contribution >= 0.6 is 15.9 Å². The summed E-state index contributed by atoms with van der Waals surface area (Å²) in [6.45, 7) is -0.155. The van der Waals surface area contributed by atoms with Gasteiger partial charge in [-0.1, -0.05) is 30.3 Å². The first kappa shape index (κ1) is 19.0. The molecule has 1 atom stereocenters. The molecule has 0 aliphatic rings. The Hall–Kier alpha value is -3.33. The van der Waals surface area contributed by atoms with Crippen LogP contribution in [0.1, 0.15) is 17.2 Å². The van der Waals surface area contributed by atoms with E-state index in [1.54, 1.807) is 19.4 Å². The Morgan fingerprint density at radius 1 is 1.14 bits per heavy atom. The highest BCUT2D eigenvalue weighted by Crippen LogP contribution is 2.21. The molecule has 4 aromatic rings. The fraction of sp³-hybridized carbons (Fsp3) is 0.150. The number of hydrogen-bond acceptors (Lipinski definition) is 5. The minimum atomic E-state index is -0.357. The maximum absolute atomic E-state index is 12.8. The van der Waals surface area contributed by atoms with E-state index in [1.807, 2.05) is 42.5 Å². The number of nitrogens with one attached hydrogen (secondary N) is 1. The standard InChI is InChI=1S/C20H17BrN6O2/c1-26-19-16(18(21)25-26)20(29)27(12-23-19)11-15(28)24-17(13-5-3-2-4-6-13)14-7-9-22-10-8-14/h2-10,12,17H,11H2,1H3,(H,24,28). The highest BCUT2D eigenvalue weighted by Gasteiger charge is 2.19. The molecule has 0 saturated heterocycles. The van der Waals surface area contributed by atoms with Crippen LogP contribution in [0, 0.1) is 0 Å². The molecule has 0 fully saturated rings. The van der Waals surface area contributed by atoms with Gasteiger partial charge in [-0.2, -0.15) is 5.10 Å². The van der Waals surface area contributed by atoms with E-state index in [0.717, 1.165) is 11.1 Å². The van der Waals surface area contributed by atoms with Crippen molar-refractivity contribution in [3.05, 3.63) is 87.3 Å². The molecule has 3 aromatic heterocycles. The third-order valence-electron chi connectivity index (χ3n) is 4.56. The number of carbonyl (C=O) groups is 1. The summed E-state index contributed by atoms with van der Waals surface area (Å²) in [7, 11) is 1.70. The van der Waals surface area contributed by atoms with E-state index in [0.29, 0.717) is 15.6 Å². The van der Waals surface area contributed by atoms with E-state index >= 15 is 0 Å². The summed E-state index contributed by atoms with van der Waals surface area (Å²) >= 11 is 3.28. The second kappa shape index (κ2) is 7.96. The Kier molecular flexibility index (Phi) is 5.22. The second-order valence-electron chi connectivity index (χ2n) is 6.48. The molecule has 1 unspecified atom stereocenters. The minimum absolute atomic E-state index is 0.155. The largest absolute Gasteiger partial charge is 0.344 e. The van der Waals surface area contributed by atoms with Crippen LogP contribution in [0.4, 0.5) is 0 Å². The number of hydrogen-bond donors (Lipinski definition) is 1. The number of fused-ring (bicyclic) bond motifs is 1. The lowest BCUT2D eigenvalue weighted by Gasteiger charge is -2.20. The topological polar surface area (TPSA) is 94.7 Å². The predicted octanol–water partition coefficient (Wildman–Crippen LogP) is 2.19. The summed E-state index contributed by atoms with van der Waals surface area (Å²) in [4.78, 5) is 33.9. The lowest BCUT2D eigenvalue weighted by molar-refractivity contribution is -0.122. The second-order valence-corrected chi connectivity index (χ2v) is 7.23. The zero-order valence-electron chi connectivity index (χ0n) is 15.5. The van der Waals surface area contributed by atoms with E-state index in [4.69, 9.17) is 0 Å². The molecule has 4 rings (SSSR count). The molecule has 1 N–H and O–H groups in total. The van der Waals surface area contributed by atoms with E-state index in [9.17, 15) is 9.59 Å². The van der Waals surface area contributed by atoms with Gasteiger partial charge in [-0.25, -0.2) is 9.67 Å². The quantitative estimate of drug-likeness (QED) is 0.500. The number of pyridine rings is 1. The van der Waals surface area contributed by atoms with Crippen molar-refractivity contribution in [2.75, 3.05) is 0 Å². The molecule has 0 aliphatic heterocycles. The van der Waals surface area contributed by atoms with Crippen LogP contribution in [0.15, 0.2) is 70.6 Å². The normalized spacial score (nSPS) is 12.1. The van der Waals surface area contributed by atoms with Gasteiger partial charge in [-0.15, -0.1) is 0 Å². The first-order chi connectivity index (χ1) is 14.0. The van der Waals surface area contributed by atoms with Crippen molar-refractivity contribution in [1.82, 2.24) is 29.6 Å². The van der Waals surface area contributed by atoms with E-state index in [1.165, 1.54) is 15.6 Å². The van der Waals surface area contributed by atoms with Gasteiger partial charge in [-0.05, 0) is 39.2 Å². The van der Waals surface area contributed by atoms with Gasteiger partial charge in [0, 0.05) is 19.4 Å². The summed E-state index contributed by atoms with van der Waals surface area (Å²) in [5.74, 6) is -0.307. The van der Waals surface area contributed by atoms with Gasteiger partial charge in [0.15, 0.2) is 5.65 Å². The summed E-state index contributed by atoms with van der Waals surface area (Å²) in [6.07, 6.45) is 4.72. The van der Waals surface area contributed by atoms with Gasteiger partial charge in [0.2, 0.25) is 5.91 Å². The van der Waals surface area contributed by atoms with Gasteiger partial charge in [0.05, 0.1) is 6.04 Å². The lowest BCUT2D eigenvalue weighted by atomic mass is 10.00. The van der Waals surface area contributed by atoms with Gasteiger partial charge < -0.3 is 5.32 Å². The average molecular weight is 453 g/mol. The fourth-order valence-corrected chi connectivity index (χ4v) is 3.75. The predicted molar refractivity (Wildman–Crippen MR) is 111 cm³/mol. The van der Waals surface area contributed by atoms with Gasteiger partial charge in [-0.3, -0.25) is 19.1 Å². The lowest BCUT2D eigenvalue weighted by Crippen LogP contribution is -2.35. The fourth-order valence-electron chi connectivity index (χ4n) is 3.17. The number of benzene rings is 1. The molecule has 0 aliphatic carbocycles. The third kappa shape index (κ3) is 3.81. The Morgan fingerprint density at radius 3 is 2.55 bits per heavy atom. The third-order valence-corrected chi connectivity index (χ3v) is 5.12. The molecular formula is C20H17BrN6O2. The zero-order valence-corrected chi connectivity index (χ0v) is 17.1. The Morgan fingerprint density at radius 2 is 1.83 bits per heavy atom. The summed E-state index contributed by atoms with van der Waals surface area (Å²) in [6, 6.07) is 13.0. The van der Waals surface area contributed by atoms with Crippen LogP contribution in [0.5, 0.6) is 0 Å². The van der Waals surface area contributed by atoms with E-state index in [-0.39, 0.29) is 24.1 Å². The van der Waals surface area contributed by atoms with Crippen LogP contribution in [-0.2, 0) is 18.4 Å². The number of nitrogens with zero attached hydrogens (tertiary/aromatic N) is 5. The number of amides is 1. The smallest absolute Gasteiger partial charge is 0.266 e. The summed E-state index contributed by atoms with van der Waals surface area (Å²) in [5.41, 5.74) is 1.96. The van der Waals surface area contributed by atoms with Crippen LogP contribution in [0.3, 0.4) is 0 Å². The molecule has 0 bridgehead atoms. The maximum atomic E-state index is 12.8. The SMILES string of the molecule is Cn1nc(Br)c2c(=O)n(CC(=O)NC(c3ccccc3)c3ccncc3)cnc21. The highest BCUT2D eigenvalue weighted by atomic mass is 79.9. The molecule has 0 spiro atoms. The Labute approximate surface area is 174 Å². The van der Waals surface area contributed by atoms with Crippen molar-refractivity contribution in [2.24, 2.45) is 7.05 Å². The van der Waals surface area contributed by atoms with E-state index in [2.05, 4.69) is 36.3 Å². The summed E-state index contributed by atoms with van der Waals surface area (Å²) in [5, 5.41) is 7.50. The van der Waals surface area contributed by atoms with Crippen molar-refractivity contribution >= 4 is 32.9 Å². The number of carbonyl (C=O) groups excluding carboxylic acids is 1. The highest BCUT2D eigenvalue weighted by molar-refractivity contribution is 9.10. The van der Waals surface area contributed by atoms with Crippen molar-refractivity contribution in [3.63, 3.8) is 0 Å². The van der Waals surface area contributed by atoms with Gasteiger partial charge >= 0.3 is 0 Å². The molecule has 1 aromatic carbocycles. The van der Waals surface area contributed by atoms with E-state index < -0.39 is 0 Å². The number of halogens is 1. The molecule has 9 heteroatoms. The molecule has 0 saturated carbocycles. The van der Waals surface area contributed by atoms with Crippen LogP contribution in [0.25, 0.3) is 11.0 Å². The van der Waals surface area contributed by atoms with Crippen LogP contribution in [0.2, 0.25) is 0 Å². The van der Waals surface area contributed by atoms with Crippen LogP contribution in [-0.4, -0.2) is 30.2 Å². The van der Waals surface area contributed by atoms with Crippen molar-refractivity contribution in [3.8, 4) is 0 Å². The number of aromatic nitrogens is 5. The van der Waals surface area contributed by atoms with Crippen molar-refractivity contribution in [2.45, 2.75) is 12.6 Å². The molecular weight excluding hydrogens is 436 g/mol. The molecule has 29 heavy (non-hydrogen) atoms. The maximum Gasteiger partial charge on any atom is 0.266 e. The number of rotatable bonds is 5. The zero-order chi connectivity index (χ0) is 20.4. The molecule has 146 valence electrons. The summed E-state index contributed by atoms with van der Waals surface area (Å²) < 4.78 is 3.19. The van der Waals surface area contributed by atoms with Crippen molar-refractivity contribution < 1.29 is 4.79 Å². The average Bonchev–Trinajstić information content (AvgIpc) is 3.03. The van der Waals surface area contributed by atoms with Crippen molar-refractivity contribution in [1.29, 1.82) is 0 Å². The first-order valence-corrected chi connectivity index (χ1v) is 9.66. The molecule has 8 nitrogen and oxygen atoms in total. The van der Waals surface area contributed by atoms with Gasteiger partial charge in [0.25, 0.3) is 5.56 Å². The monoisotopic (exact) mass is 452 g/mol. The number of aryl methyl sites for hydroxylation is 1. The Balaban J connectivity index is 1.62.